The Morgan fingerprint density at radius 1 is 0.541 bits per heavy atom. The van der Waals surface area contributed by atoms with Gasteiger partial charge in [-0.1, -0.05) is 46.5 Å². The predicted molar refractivity (Wildman–Crippen MR) is 240 cm³/mol. The van der Waals surface area contributed by atoms with Crippen LogP contribution in [0.15, 0.2) is 85.2 Å². The summed E-state index contributed by atoms with van der Waals surface area (Å²) in [6.45, 7) is 1.27. The van der Waals surface area contributed by atoms with Gasteiger partial charge in [0.1, 0.15) is 29.5 Å². The van der Waals surface area contributed by atoms with E-state index in [0.717, 1.165) is 0 Å². The number of rotatable bonds is 14. The second-order valence-electron chi connectivity index (χ2n) is 12.0. The number of Topliss-reactive ketones (excluding diaryl/α,β-unsaturated/α-hetero) is 1. The summed E-state index contributed by atoms with van der Waals surface area (Å²) in [5.74, 6) is 1.06. The van der Waals surface area contributed by atoms with Gasteiger partial charge in [0.15, 0.2) is 28.8 Å². The number of nitrogens with zero attached hydrogens (tertiary/aromatic N) is 2. The van der Waals surface area contributed by atoms with Gasteiger partial charge in [-0.15, -0.1) is 0 Å². The molecule has 0 aliphatic heterocycles. The van der Waals surface area contributed by atoms with Crippen molar-refractivity contribution in [1.82, 2.24) is 9.97 Å². The zero-order valence-corrected chi connectivity index (χ0v) is 33.8. The van der Waals surface area contributed by atoms with Crippen LogP contribution in [0.2, 0.25) is 0 Å². The molecule has 2 heterocycles. The van der Waals surface area contributed by atoms with Gasteiger partial charge in [0.2, 0.25) is 11.6 Å². The second-order valence-corrected chi connectivity index (χ2v) is 12.0. The van der Waals surface area contributed by atoms with Crippen LogP contribution in [0.1, 0.15) is 82.0 Å². The van der Waals surface area contributed by atoms with Gasteiger partial charge in [0.05, 0.1) is 54.8 Å². The van der Waals surface area contributed by atoms with Crippen molar-refractivity contribution >= 4 is 58.4 Å². The maximum absolute atomic E-state index is 13.2. The predicted octanol–water partition coefficient (Wildman–Crippen LogP) is 8.36. The van der Waals surface area contributed by atoms with Gasteiger partial charge in [-0.05, 0) is 55.5 Å². The zero-order chi connectivity index (χ0) is 41.2. The fourth-order valence-corrected chi connectivity index (χ4v) is 5.97. The normalized spacial score (nSPS) is 9.84. The van der Waals surface area contributed by atoms with Crippen molar-refractivity contribution in [1.29, 1.82) is 0 Å². The molecule has 6 rings (SSSR count). The number of pyridine rings is 2. The Morgan fingerprint density at radius 2 is 0.918 bits per heavy atom. The second kappa shape index (κ2) is 23.8. The molecule has 0 amide bonds. The summed E-state index contributed by atoms with van der Waals surface area (Å²) in [5.41, 5.74) is 1.58. The lowest BCUT2D eigenvalue weighted by Crippen LogP contribution is -2.11. The standard InChI is InChI=1S/C22H21NO6.C21H19NO6.3CH4.H2S/c1-5-29-22(25)17-12-23-20(21(24)13-7-6-8-14(9-13)26-2)16-11-19(28-4)18(27-3)10-15(16)17;1-26-13-6-4-5-12(7-13)21(25)20-15-9-19(28-3)18(27-2)8-14(15)16(10-22-20)17(24)11-23;;;;/h6-12H,5H2,1-4H3;4-10,23H,11H2,1-3H3;3*1H4;1H2. The van der Waals surface area contributed by atoms with E-state index < -0.39 is 18.4 Å². The van der Waals surface area contributed by atoms with Crippen LogP contribution in [0, 0.1) is 0 Å². The van der Waals surface area contributed by atoms with Gasteiger partial charge >= 0.3 is 5.97 Å². The van der Waals surface area contributed by atoms with E-state index in [1.165, 1.54) is 55.1 Å². The molecular formula is C46H54N2O12S. The summed E-state index contributed by atoms with van der Waals surface area (Å²) >= 11 is 0. The highest BCUT2D eigenvalue weighted by atomic mass is 32.1. The number of ether oxygens (including phenoxy) is 7. The minimum absolute atomic E-state index is 0. The highest BCUT2D eigenvalue weighted by Gasteiger charge is 2.24. The van der Waals surface area contributed by atoms with Crippen LogP contribution in [0.3, 0.4) is 0 Å². The van der Waals surface area contributed by atoms with E-state index in [-0.39, 0.29) is 76.5 Å². The molecule has 0 bridgehead atoms. The highest BCUT2D eigenvalue weighted by molar-refractivity contribution is 7.59. The van der Waals surface area contributed by atoms with Gasteiger partial charge in [-0.25, -0.2) is 4.79 Å². The summed E-state index contributed by atoms with van der Waals surface area (Å²) in [7, 11) is 8.99. The summed E-state index contributed by atoms with van der Waals surface area (Å²) in [6, 6.07) is 20.0. The van der Waals surface area contributed by atoms with Crippen molar-refractivity contribution in [3.05, 3.63) is 119 Å². The van der Waals surface area contributed by atoms with Crippen molar-refractivity contribution in [2.45, 2.75) is 29.2 Å². The van der Waals surface area contributed by atoms with E-state index >= 15 is 0 Å². The molecule has 6 aromatic rings. The van der Waals surface area contributed by atoms with Crippen LogP contribution in [0.5, 0.6) is 34.5 Å². The number of carbonyl (C=O) groups excluding carboxylic acids is 4. The number of hydrogen-bond acceptors (Lipinski definition) is 14. The van der Waals surface area contributed by atoms with Crippen LogP contribution in [-0.2, 0) is 4.74 Å². The van der Waals surface area contributed by atoms with E-state index in [1.54, 1.807) is 79.7 Å². The molecule has 1 N–H and O–H groups in total. The number of aliphatic hydroxyl groups is 1. The molecule has 2 aromatic heterocycles. The lowest BCUT2D eigenvalue weighted by atomic mass is 9.97. The molecule has 326 valence electrons. The lowest BCUT2D eigenvalue weighted by Gasteiger charge is -2.14. The number of benzene rings is 4. The fourth-order valence-electron chi connectivity index (χ4n) is 5.97. The Labute approximate surface area is 363 Å². The van der Waals surface area contributed by atoms with E-state index in [2.05, 4.69) is 9.97 Å². The summed E-state index contributed by atoms with van der Waals surface area (Å²) < 4.78 is 36.9. The molecule has 0 fully saturated rings. The Hall–Kier alpha value is -6.71. The van der Waals surface area contributed by atoms with Gasteiger partial charge in [-0.2, -0.15) is 13.5 Å². The minimum atomic E-state index is -0.672. The molecule has 0 aliphatic rings. The first-order chi connectivity index (χ1) is 27.6. The van der Waals surface area contributed by atoms with Crippen LogP contribution in [0.25, 0.3) is 21.5 Å². The molecule has 0 saturated heterocycles. The number of aromatic nitrogens is 2. The van der Waals surface area contributed by atoms with Crippen molar-refractivity contribution in [3.63, 3.8) is 0 Å². The van der Waals surface area contributed by atoms with Crippen molar-refractivity contribution in [3.8, 4) is 34.5 Å². The average Bonchev–Trinajstić information content (AvgIpc) is 3.26. The monoisotopic (exact) mass is 858 g/mol. The van der Waals surface area contributed by atoms with E-state index in [9.17, 15) is 24.3 Å². The Kier molecular flexibility index (Phi) is 20.4. The number of methoxy groups -OCH3 is 6. The molecule has 4 aromatic carbocycles. The number of carbonyl (C=O) groups is 4. The first-order valence-electron chi connectivity index (χ1n) is 17.4. The van der Waals surface area contributed by atoms with Crippen LogP contribution >= 0.6 is 13.5 Å². The molecule has 0 aliphatic carbocycles. The molecule has 0 unspecified atom stereocenters. The average molecular weight is 859 g/mol. The van der Waals surface area contributed by atoms with Crippen LogP contribution < -0.4 is 28.4 Å². The third-order valence-corrected chi connectivity index (χ3v) is 8.82. The zero-order valence-electron chi connectivity index (χ0n) is 32.8. The van der Waals surface area contributed by atoms with E-state index in [4.69, 9.17) is 33.2 Å². The number of hydrogen-bond donors (Lipinski definition) is 1. The Bertz CT molecular complexity index is 2490. The molecule has 14 nitrogen and oxygen atoms in total. The Balaban J connectivity index is 0.000000573. The maximum atomic E-state index is 13.2. The van der Waals surface area contributed by atoms with E-state index in [0.29, 0.717) is 67.2 Å². The van der Waals surface area contributed by atoms with Crippen molar-refractivity contribution in [2.24, 2.45) is 0 Å². The van der Waals surface area contributed by atoms with Gasteiger partial charge < -0.3 is 38.3 Å². The molecule has 0 spiro atoms. The Morgan fingerprint density at radius 3 is 1.28 bits per heavy atom. The largest absolute Gasteiger partial charge is 0.497 e. The summed E-state index contributed by atoms with van der Waals surface area (Å²) in [5, 5.41) is 11.1. The third-order valence-electron chi connectivity index (χ3n) is 8.82. The fraction of sp³-hybridized carbons (Fsp3) is 0.261. The molecule has 61 heavy (non-hydrogen) atoms. The molecule has 15 heteroatoms. The smallest absolute Gasteiger partial charge is 0.340 e. The van der Waals surface area contributed by atoms with Crippen LogP contribution in [0.4, 0.5) is 0 Å². The van der Waals surface area contributed by atoms with Gasteiger partial charge in [-0.3, -0.25) is 24.4 Å². The SMILES string of the molecule is C.C.C.CCOC(=O)c1cnc(C(=O)c2cccc(OC)c2)c2cc(OC)c(OC)cc12.COc1cccc(C(=O)c2ncc(C(=O)CO)c3cc(OC)c(OC)cc23)c1.S. The van der Waals surface area contributed by atoms with Crippen molar-refractivity contribution < 1.29 is 57.4 Å². The van der Waals surface area contributed by atoms with E-state index in [1.807, 2.05) is 0 Å². The lowest BCUT2D eigenvalue weighted by molar-refractivity contribution is 0.0527. The van der Waals surface area contributed by atoms with Gasteiger partial charge in [0.25, 0.3) is 0 Å². The minimum Gasteiger partial charge on any atom is -0.497 e. The number of aliphatic hydroxyl groups excluding tert-OH is 1. The number of esters is 1. The van der Waals surface area contributed by atoms with Crippen LogP contribution in [-0.4, -0.2) is 94.3 Å². The first-order valence-corrected chi connectivity index (χ1v) is 17.4. The van der Waals surface area contributed by atoms with Crippen molar-refractivity contribution in [2.75, 3.05) is 55.9 Å². The highest BCUT2D eigenvalue weighted by Crippen LogP contribution is 2.37. The molecule has 0 saturated carbocycles. The molecule has 0 atom stereocenters. The van der Waals surface area contributed by atoms with Gasteiger partial charge in [0, 0.05) is 50.6 Å². The number of fused-ring (bicyclic) bond motifs is 2. The first kappa shape index (κ1) is 52.3. The molecule has 0 radical (unpaired) electrons. The summed E-state index contributed by atoms with van der Waals surface area (Å²) in [4.78, 5) is 59.4. The quantitative estimate of drug-likeness (QED) is 0.0816. The maximum Gasteiger partial charge on any atom is 0.340 e. The topological polar surface area (TPSA) is 179 Å². The third kappa shape index (κ3) is 11.1. The molecular weight excluding hydrogens is 805 g/mol. The number of ketones is 3. The summed E-state index contributed by atoms with van der Waals surface area (Å²) in [6.07, 6.45) is 2.64.